The molecule has 0 aromatic heterocycles. The largest absolute Gasteiger partial charge is 0.327 e. The zero-order chi connectivity index (χ0) is 9.68. The summed E-state index contributed by atoms with van der Waals surface area (Å²) in [6, 6.07) is 0.386. The molecule has 0 bridgehead atoms. The van der Waals surface area contributed by atoms with Crippen LogP contribution in [-0.4, -0.2) is 6.04 Å². The van der Waals surface area contributed by atoms with Gasteiger partial charge in [0.25, 0.3) is 0 Å². The van der Waals surface area contributed by atoms with Gasteiger partial charge in [0.05, 0.1) is 0 Å². The number of hydrogen-bond donors (Lipinski definition) is 1. The Bertz CT molecular complexity index is 197. The summed E-state index contributed by atoms with van der Waals surface area (Å²) in [4.78, 5) is 0. The quantitative estimate of drug-likeness (QED) is 0.648. The van der Waals surface area contributed by atoms with Crippen molar-refractivity contribution in [3.8, 4) is 11.8 Å². The van der Waals surface area contributed by atoms with E-state index in [1.807, 2.05) is 0 Å². The molecule has 1 nitrogen and oxygen atoms in total. The van der Waals surface area contributed by atoms with E-state index in [1.165, 1.54) is 12.8 Å². The summed E-state index contributed by atoms with van der Waals surface area (Å²) in [7, 11) is 0. The molecule has 0 spiro atoms. The minimum Gasteiger partial charge on any atom is -0.327 e. The van der Waals surface area contributed by atoms with Crippen LogP contribution in [-0.2, 0) is 0 Å². The lowest BCUT2D eigenvalue weighted by molar-refractivity contribution is 0.317. The Hall–Kier alpha value is -0.480. The van der Waals surface area contributed by atoms with Crippen molar-refractivity contribution in [1.29, 1.82) is 0 Å². The van der Waals surface area contributed by atoms with Gasteiger partial charge < -0.3 is 5.73 Å². The van der Waals surface area contributed by atoms with Gasteiger partial charge in [-0.15, -0.1) is 11.8 Å². The number of nitrogens with two attached hydrogens (primary N) is 1. The first-order valence-corrected chi connectivity index (χ1v) is 5.41. The van der Waals surface area contributed by atoms with E-state index in [9.17, 15) is 0 Å². The SMILES string of the molecule is CC(C)C[C@H]1CCC#CCC[C@H]1N. The third-order valence-corrected chi connectivity index (χ3v) is 2.75. The summed E-state index contributed by atoms with van der Waals surface area (Å²) < 4.78 is 0. The zero-order valence-corrected chi connectivity index (χ0v) is 8.84. The second-order valence-electron chi connectivity index (χ2n) is 4.48. The van der Waals surface area contributed by atoms with Gasteiger partial charge in [0.2, 0.25) is 0 Å². The molecule has 0 aromatic rings. The highest BCUT2D eigenvalue weighted by atomic mass is 14.6. The fraction of sp³-hybridized carbons (Fsp3) is 0.833. The van der Waals surface area contributed by atoms with Gasteiger partial charge >= 0.3 is 0 Å². The Morgan fingerprint density at radius 3 is 2.46 bits per heavy atom. The Morgan fingerprint density at radius 2 is 1.85 bits per heavy atom. The van der Waals surface area contributed by atoms with Gasteiger partial charge in [0.1, 0.15) is 0 Å². The van der Waals surface area contributed by atoms with Crippen molar-refractivity contribution in [1.82, 2.24) is 0 Å². The summed E-state index contributed by atoms with van der Waals surface area (Å²) in [6.07, 6.45) is 5.60. The Labute approximate surface area is 82.1 Å². The highest BCUT2D eigenvalue weighted by Gasteiger charge is 2.18. The lowest BCUT2D eigenvalue weighted by Crippen LogP contribution is -2.31. The van der Waals surface area contributed by atoms with Gasteiger partial charge in [-0.3, -0.25) is 0 Å². The zero-order valence-electron chi connectivity index (χ0n) is 8.84. The third kappa shape index (κ3) is 3.83. The molecule has 0 unspecified atom stereocenters. The van der Waals surface area contributed by atoms with E-state index in [0.29, 0.717) is 12.0 Å². The van der Waals surface area contributed by atoms with Crippen LogP contribution in [0.3, 0.4) is 0 Å². The molecule has 0 saturated carbocycles. The molecule has 1 aliphatic rings. The first kappa shape index (κ1) is 10.6. The number of hydrogen-bond acceptors (Lipinski definition) is 1. The van der Waals surface area contributed by atoms with E-state index in [4.69, 9.17) is 5.73 Å². The van der Waals surface area contributed by atoms with Crippen LogP contribution < -0.4 is 5.73 Å². The van der Waals surface area contributed by atoms with Gasteiger partial charge in [-0.05, 0) is 31.1 Å². The van der Waals surface area contributed by atoms with Crippen LogP contribution in [0.2, 0.25) is 0 Å². The highest BCUT2D eigenvalue weighted by Crippen LogP contribution is 2.23. The molecule has 0 heterocycles. The molecule has 0 aromatic carbocycles. The molecule has 2 N–H and O–H groups in total. The average molecular weight is 179 g/mol. The van der Waals surface area contributed by atoms with Crippen LogP contribution in [0.15, 0.2) is 0 Å². The van der Waals surface area contributed by atoms with Crippen molar-refractivity contribution < 1.29 is 0 Å². The topological polar surface area (TPSA) is 26.0 Å². The van der Waals surface area contributed by atoms with Gasteiger partial charge in [-0.25, -0.2) is 0 Å². The molecule has 1 heteroatoms. The molecular weight excluding hydrogens is 158 g/mol. The molecule has 0 fully saturated rings. The maximum atomic E-state index is 6.13. The predicted octanol–water partition coefficient (Wildman–Crippen LogP) is 2.55. The van der Waals surface area contributed by atoms with Crippen LogP contribution in [0.5, 0.6) is 0 Å². The molecule has 0 radical (unpaired) electrons. The monoisotopic (exact) mass is 179 g/mol. The van der Waals surface area contributed by atoms with Crippen LogP contribution in [0, 0.1) is 23.7 Å². The van der Waals surface area contributed by atoms with Gasteiger partial charge in [0.15, 0.2) is 0 Å². The Balaban J connectivity index is 2.46. The third-order valence-electron chi connectivity index (χ3n) is 2.75. The van der Waals surface area contributed by atoms with Crippen LogP contribution in [0.1, 0.15) is 46.0 Å². The lowest BCUT2D eigenvalue weighted by atomic mass is 9.84. The van der Waals surface area contributed by atoms with Gasteiger partial charge in [-0.2, -0.15) is 0 Å². The first-order chi connectivity index (χ1) is 6.20. The molecule has 0 amide bonds. The van der Waals surface area contributed by atoms with Crippen molar-refractivity contribution in [3.05, 3.63) is 0 Å². The molecule has 0 saturated heterocycles. The molecule has 1 rings (SSSR count). The summed E-state index contributed by atoms with van der Waals surface area (Å²) in [5.41, 5.74) is 6.13. The highest BCUT2D eigenvalue weighted by molar-refractivity contribution is 5.01. The van der Waals surface area contributed by atoms with Crippen LogP contribution >= 0.6 is 0 Å². The van der Waals surface area contributed by atoms with E-state index < -0.39 is 0 Å². The molecule has 13 heavy (non-hydrogen) atoms. The maximum absolute atomic E-state index is 6.13. The normalized spacial score (nSPS) is 28.9. The summed E-state index contributed by atoms with van der Waals surface area (Å²) in [5, 5.41) is 0. The van der Waals surface area contributed by atoms with Crippen molar-refractivity contribution in [2.24, 2.45) is 17.6 Å². The van der Waals surface area contributed by atoms with E-state index in [2.05, 4.69) is 25.7 Å². The Morgan fingerprint density at radius 1 is 1.23 bits per heavy atom. The molecule has 0 aliphatic heterocycles. The van der Waals surface area contributed by atoms with Crippen molar-refractivity contribution in [2.45, 2.75) is 52.0 Å². The second kappa shape index (κ2) is 5.29. The fourth-order valence-electron chi connectivity index (χ4n) is 2.02. The molecule has 74 valence electrons. The average Bonchev–Trinajstić information content (AvgIpc) is 2.04. The summed E-state index contributed by atoms with van der Waals surface area (Å²) in [5.74, 6) is 7.84. The number of rotatable bonds is 2. The Kier molecular flexibility index (Phi) is 4.32. The van der Waals surface area contributed by atoms with E-state index >= 15 is 0 Å². The van der Waals surface area contributed by atoms with E-state index in [1.54, 1.807) is 0 Å². The second-order valence-corrected chi connectivity index (χ2v) is 4.48. The van der Waals surface area contributed by atoms with Gasteiger partial charge in [-0.1, -0.05) is 13.8 Å². The van der Waals surface area contributed by atoms with Crippen molar-refractivity contribution in [3.63, 3.8) is 0 Å². The summed E-state index contributed by atoms with van der Waals surface area (Å²) in [6.45, 7) is 4.55. The minimum absolute atomic E-state index is 0.386. The van der Waals surface area contributed by atoms with Crippen LogP contribution in [0.4, 0.5) is 0 Å². The molecule has 1 aliphatic carbocycles. The lowest BCUT2D eigenvalue weighted by Gasteiger charge is -2.25. The van der Waals surface area contributed by atoms with E-state index in [-0.39, 0.29) is 0 Å². The molecule has 2 atom stereocenters. The smallest absolute Gasteiger partial charge is 0.0103 e. The van der Waals surface area contributed by atoms with Crippen LogP contribution in [0.25, 0.3) is 0 Å². The van der Waals surface area contributed by atoms with E-state index in [0.717, 1.165) is 25.2 Å². The van der Waals surface area contributed by atoms with Crippen molar-refractivity contribution in [2.75, 3.05) is 0 Å². The fourth-order valence-corrected chi connectivity index (χ4v) is 2.02. The van der Waals surface area contributed by atoms with Gasteiger partial charge in [0, 0.05) is 18.9 Å². The first-order valence-electron chi connectivity index (χ1n) is 5.41. The maximum Gasteiger partial charge on any atom is 0.0103 e. The van der Waals surface area contributed by atoms with Crippen molar-refractivity contribution >= 4 is 0 Å². The predicted molar refractivity (Wildman–Crippen MR) is 57.2 cm³/mol. The summed E-state index contributed by atoms with van der Waals surface area (Å²) >= 11 is 0. The molecular formula is C12H21N. The minimum atomic E-state index is 0.386. The standard InChI is InChI=1S/C12H21N/c1-10(2)9-11-7-5-3-4-6-8-12(11)13/h10-12H,5-9,13H2,1-2H3/t11-,12-/m1/s1.